The van der Waals surface area contributed by atoms with Crippen LogP contribution in [0.1, 0.15) is 5.56 Å². The van der Waals surface area contributed by atoms with Gasteiger partial charge in [0.25, 0.3) is 0 Å². The van der Waals surface area contributed by atoms with E-state index in [0.717, 1.165) is 33.6 Å². The third kappa shape index (κ3) is 3.55. The fourth-order valence-electron chi connectivity index (χ4n) is 3.16. The maximum absolute atomic E-state index is 12.6. The largest absolute Gasteiger partial charge is 0.497 e. The van der Waals surface area contributed by atoms with E-state index >= 15 is 0 Å². The van der Waals surface area contributed by atoms with Gasteiger partial charge in [0.1, 0.15) is 5.75 Å². The van der Waals surface area contributed by atoms with Crippen molar-refractivity contribution in [2.75, 3.05) is 17.7 Å². The van der Waals surface area contributed by atoms with Crippen molar-refractivity contribution in [1.29, 1.82) is 0 Å². The van der Waals surface area contributed by atoms with Crippen LogP contribution in [0.4, 0.5) is 16.2 Å². The summed E-state index contributed by atoms with van der Waals surface area (Å²) < 4.78 is 5.15. The number of anilines is 2. The summed E-state index contributed by atoms with van der Waals surface area (Å²) >= 11 is 0. The molecule has 3 N–H and O–H groups in total. The topological polar surface area (TPSA) is 66.2 Å². The van der Waals surface area contributed by atoms with Gasteiger partial charge >= 0.3 is 6.03 Å². The predicted octanol–water partition coefficient (Wildman–Crippen LogP) is 5.80. The van der Waals surface area contributed by atoms with Gasteiger partial charge in [-0.25, -0.2) is 4.79 Å². The first-order valence-corrected chi connectivity index (χ1v) is 9.04. The molecule has 0 radical (unpaired) electrons. The Morgan fingerprint density at radius 3 is 2.32 bits per heavy atom. The number of ether oxygens (including phenoxy) is 1. The van der Waals surface area contributed by atoms with Crippen LogP contribution in [-0.2, 0) is 0 Å². The second-order valence-electron chi connectivity index (χ2n) is 6.59. The highest BCUT2D eigenvalue weighted by Gasteiger charge is 2.15. The molecule has 5 nitrogen and oxygen atoms in total. The molecule has 1 aromatic heterocycles. The van der Waals surface area contributed by atoms with Gasteiger partial charge in [0.15, 0.2) is 0 Å². The Morgan fingerprint density at radius 1 is 0.893 bits per heavy atom. The van der Waals surface area contributed by atoms with Crippen LogP contribution in [0.5, 0.6) is 5.75 Å². The number of aromatic amines is 1. The molecule has 4 aromatic rings. The highest BCUT2D eigenvalue weighted by Crippen LogP contribution is 2.35. The monoisotopic (exact) mass is 371 g/mol. The van der Waals surface area contributed by atoms with Crippen LogP contribution >= 0.6 is 0 Å². The maximum atomic E-state index is 12.6. The molecular weight excluding hydrogens is 350 g/mol. The summed E-state index contributed by atoms with van der Waals surface area (Å²) in [4.78, 5) is 16.1. The van der Waals surface area contributed by atoms with Crippen LogP contribution in [0.15, 0.2) is 72.8 Å². The van der Waals surface area contributed by atoms with Crippen molar-refractivity contribution >= 4 is 28.3 Å². The van der Waals surface area contributed by atoms with Gasteiger partial charge in [-0.1, -0.05) is 48.0 Å². The summed E-state index contributed by atoms with van der Waals surface area (Å²) in [6.45, 7) is 2.05. The molecule has 0 spiro atoms. The fraction of sp³-hybridized carbons (Fsp3) is 0.0870. The number of carbonyl (C=O) groups is 1. The zero-order chi connectivity index (χ0) is 19.5. The van der Waals surface area contributed by atoms with Crippen molar-refractivity contribution in [3.63, 3.8) is 0 Å². The Balaban J connectivity index is 1.65. The van der Waals surface area contributed by atoms with Crippen LogP contribution in [0.2, 0.25) is 0 Å². The number of rotatable bonds is 4. The van der Waals surface area contributed by atoms with E-state index in [0.29, 0.717) is 5.69 Å². The van der Waals surface area contributed by atoms with Gasteiger partial charge in [-0.2, -0.15) is 0 Å². The summed E-state index contributed by atoms with van der Waals surface area (Å²) in [7, 11) is 1.61. The van der Waals surface area contributed by atoms with Crippen molar-refractivity contribution in [2.24, 2.45) is 0 Å². The lowest BCUT2D eigenvalue weighted by atomic mass is 10.1. The second-order valence-corrected chi connectivity index (χ2v) is 6.59. The minimum atomic E-state index is -0.303. The first-order valence-electron chi connectivity index (χ1n) is 9.04. The minimum Gasteiger partial charge on any atom is -0.497 e. The van der Waals surface area contributed by atoms with E-state index in [-0.39, 0.29) is 6.03 Å². The van der Waals surface area contributed by atoms with Crippen LogP contribution in [-0.4, -0.2) is 18.1 Å². The molecule has 0 aliphatic rings. The van der Waals surface area contributed by atoms with E-state index in [4.69, 9.17) is 4.74 Å². The highest BCUT2D eigenvalue weighted by atomic mass is 16.5. The molecule has 140 valence electrons. The molecule has 0 saturated heterocycles. The summed E-state index contributed by atoms with van der Waals surface area (Å²) in [6, 6.07) is 23.0. The number of H-pyrrole nitrogens is 1. The minimum absolute atomic E-state index is 0.303. The van der Waals surface area contributed by atoms with Crippen molar-refractivity contribution in [1.82, 2.24) is 4.98 Å². The number of methoxy groups -OCH3 is 1. The number of para-hydroxylation sites is 1. The number of aromatic nitrogens is 1. The zero-order valence-electron chi connectivity index (χ0n) is 15.7. The van der Waals surface area contributed by atoms with Gasteiger partial charge in [-0.15, -0.1) is 0 Å². The van der Waals surface area contributed by atoms with E-state index in [2.05, 4.69) is 34.7 Å². The van der Waals surface area contributed by atoms with E-state index in [9.17, 15) is 4.79 Å². The number of fused-ring (bicyclic) bond motifs is 1. The molecule has 1 heterocycles. The molecular formula is C23H21N3O2. The first kappa shape index (κ1) is 17.7. The van der Waals surface area contributed by atoms with E-state index in [1.54, 1.807) is 31.4 Å². The molecule has 5 heteroatoms. The normalized spacial score (nSPS) is 10.6. The molecule has 0 fully saturated rings. The van der Waals surface area contributed by atoms with Crippen LogP contribution in [0, 0.1) is 6.92 Å². The third-order valence-electron chi connectivity index (χ3n) is 4.63. The quantitative estimate of drug-likeness (QED) is 0.425. The van der Waals surface area contributed by atoms with Gasteiger partial charge in [0.05, 0.1) is 18.5 Å². The summed E-state index contributed by atoms with van der Waals surface area (Å²) in [5.74, 6) is 0.740. The van der Waals surface area contributed by atoms with E-state index in [1.807, 2.05) is 36.4 Å². The van der Waals surface area contributed by atoms with Crippen molar-refractivity contribution in [2.45, 2.75) is 6.92 Å². The maximum Gasteiger partial charge on any atom is 0.323 e. The number of nitrogens with one attached hydrogen (secondary N) is 3. The summed E-state index contributed by atoms with van der Waals surface area (Å²) in [5, 5.41) is 6.84. The van der Waals surface area contributed by atoms with Crippen molar-refractivity contribution < 1.29 is 9.53 Å². The lowest BCUT2D eigenvalue weighted by Gasteiger charge is -2.10. The summed E-state index contributed by atoms with van der Waals surface area (Å²) in [6.07, 6.45) is 0. The Bertz CT molecular complexity index is 1110. The second kappa shape index (κ2) is 7.48. The number of aryl methyl sites for hydroxylation is 1. The zero-order valence-corrected chi connectivity index (χ0v) is 15.7. The Hall–Kier alpha value is -3.73. The molecule has 0 aliphatic carbocycles. The van der Waals surface area contributed by atoms with Gasteiger partial charge in [-0.05, 0) is 37.3 Å². The Morgan fingerprint density at radius 2 is 1.61 bits per heavy atom. The van der Waals surface area contributed by atoms with Gasteiger partial charge in [-0.3, -0.25) is 0 Å². The smallest absolute Gasteiger partial charge is 0.323 e. The molecule has 0 aliphatic heterocycles. The molecule has 3 aromatic carbocycles. The molecule has 0 atom stereocenters. The van der Waals surface area contributed by atoms with Crippen molar-refractivity contribution in [3.8, 4) is 17.0 Å². The number of urea groups is 1. The summed E-state index contributed by atoms with van der Waals surface area (Å²) in [5.41, 5.74) is 5.50. The average molecular weight is 371 g/mol. The molecule has 28 heavy (non-hydrogen) atoms. The highest BCUT2D eigenvalue weighted by molar-refractivity contribution is 6.10. The van der Waals surface area contributed by atoms with Crippen LogP contribution < -0.4 is 15.4 Å². The first-order chi connectivity index (χ1) is 13.6. The van der Waals surface area contributed by atoms with Gasteiger partial charge in [0.2, 0.25) is 0 Å². The average Bonchev–Trinajstić information content (AvgIpc) is 3.07. The van der Waals surface area contributed by atoms with Gasteiger partial charge < -0.3 is 20.4 Å². The molecule has 0 unspecified atom stereocenters. The van der Waals surface area contributed by atoms with Gasteiger partial charge in [0, 0.05) is 22.2 Å². The number of hydrogen-bond donors (Lipinski definition) is 3. The van der Waals surface area contributed by atoms with E-state index in [1.165, 1.54) is 5.56 Å². The fourth-order valence-corrected chi connectivity index (χ4v) is 3.16. The Kier molecular flexibility index (Phi) is 4.72. The number of carbonyl (C=O) groups excluding carboxylic acids is 1. The number of benzene rings is 3. The standard InChI is InChI=1S/C23H21N3O2/c1-15-7-9-16(10-8-15)21-22(19-5-3-4-6-20(19)25-21)26-23(27)24-17-11-13-18(28-2)14-12-17/h3-14,25H,1-2H3,(H2,24,26,27). The molecule has 2 amide bonds. The Labute approximate surface area is 163 Å². The van der Waals surface area contributed by atoms with Crippen LogP contribution in [0.25, 0.3) is 22.2 Å². The molecule has 0 saturated carbocycles. The third-order valence-corrected chi connectivity index (χ3v) is 4.63. The SMILES string of the molecule is COc1ccc(NC(=O)Nc2c(-c3ccc(C)cc3)[nH]c3ccccc23)cc1. The van der Waals surface area contributed by atoms with Crippen molar-refractivity contribution in [3.05, 3.63) is 78.4 Å². The van der Waals surface area contributed by atoms with E-state index < -0.39 is 0 Å². The van der Waals surface area contributed by atoms with Crippen LogP contribution in [0.3, 0.4) is 0 Å². The number of hydrogen-bond acceptors (Lipinski definition) is 2. The predicted molar refractivity (Wildman–Crippen MR) is 114 cm³/mol. The lowest BCUT2D eigenvalue weighted by molar-refractivity contribution is 0.262. The molecule has 4 rings (SSSR count). The number of amides is 2. The lowest BCUT2D eigenvalue weighted by Crippen LogP contribution is -2.19. The molecule has 0 bridgehead atoms.